The summed E-state index contributed by atoms with van der Waals surface area (Å²) in [5.41, 5.74) is 5.85. The fourth-order valence-corrected chi connectivity index (χ4v) is 3.01. The monoisotopic (exact) mass is 212 g/mol. The van der Waals surface area contributed by atoms with E-state index in [9.17, 15) is 0 Å². The van der Waals surface area contributed by atoms with Crippen molar-refractivity contribution in [2.75, 3.05) is 0 Å². The van der Waals surface area contributed by atoms with Gasteiger partial charge in [-0.2, -0.15) is 0 Å². The topological polar surface area (TPSA) is 43.6 Å². The van der Waals surface area contributed by atoms with Crippen LogP contribution in [0, 0.1) is 0 Å². The molecule has 0 unspecified atom stereocenters. The number of allylic oxidation sites excluding steroid dienone is 6. The van der Waals surface area contributed by atoms with Gasteiger partial charge in [0, 0.05) is 12.8 Å². The summed E-state index contributed by atoms with van der Waals surface area (Å²) >= 11 is 0. The molecule has 4 rings (SSSR count). The molecule has 0 spiro atoms. The van der Waals surface area contributed by atoms with Gasteiger partial charge in [0.1, 0.15) is 0 Å². The summed E-state index contributed by atoms with van der Waals surface area (Å²) in [5.74, 6) is 0.961. The lowest BCUT2D eigenvalue weighted by Crippen LogP contribution is -2.04. The SMILES string of the molecule is C1=CC2=C(CC3=C2CCC3)n2nnnc2C1. The number of aromatic nitrogens is 4. The molecule has 0 fully saturated rings. The zero-order valence-electron chi connectivity index (χ0n) is 8.98. The van der Waals surface area contributed by atoms with Crippen LogP contribution in [0.2, 0.25) is 0 Å². The Morgan fingerprint density at radius 3 is 3.25 bits per heavy atom. The Morgan fingerprint density at radius 1 is 1.25 bits per heavy atom. The molecule has 0 radical (unpaired) electrons. The lowest BCUT2D eigenvalue weighted by atomic mass is 10.1. The molecule has 3 aliphatic rings. The van der Waals surface area contributed by atoms with Crippen molar-refractivity contribution in [3.05, 3.63) is 34.7 Å². The molecule has 2 heterocycles. The van der Waals surface area contributed by atoms with Crippen molar-refractivity contribution in [2.45, 2.75) is 32.1 Å². The van der Waals surface area contributed by atoms with Crippen molar-refractivity contribution in [1.82, 2.24) is 20.2 Å². The van der Waals surface area contributed by atoms with E-state index in [0.29, 0.717) is 0 Å². The molecule has 0 aromatic carbocycles. The van der Waals surface area contributed by atoms with Crippen LogP contribution >= 0.6 is 0 Å². The molecule has 80 valence electrons. The minimum absolute atomic E-state index is 0.836. The first kappa shape index (κ1) is 8.44. The number of hydrogen-bond acceptors (Lipinski definition) is 3. The maximum Gasteiger partial charge on any atom is 0.160 e. The smallest absolute Gasteiger partial charge is 0.160 e. The van der Waals surface area contributed by atoms with Crippen LogP contribution in [0.1, 0.15) is 31.5 Å². The molecule has 0 saturated carbocycles. The quantitative estimate of drug-likeness (QED) is 0.659. The number of tetrazole rings is 1. The molecule has 0 atom stereocenters. The van der Waals surface area contributed by atoms with E-state index < -0.39 is 0 Å². The first-order valence-corrected chi connectivity index (χ1v) is 5.82. The van der Waals surface area contributed by atoms with Crippen molar-refractivity contribution >= 4 is 5.70 Å². The fraction of sp³-hybridized carbons (Fsp3) is 0.417. The van der Waals surface area contributed by atoms with Gasteiger partial charge in [-0.3, -0.25) is 0 Å². The molecule has 2 aliphatic carbocycles. The molecule has 0 saturated heterocycles. The van der Waals surface area contributed by atoms with Crippen LogP contribution in [0.3, 0.4) is 0 Å². The average Bonchev–Trinajstić information content (AvgIpc) is 2.93. The van der Waals surface area contributed by atoms with Gasteiger partial charge in [-0.1, -0.05) is 17.7 Å². The van der Waals surface area contributed by atoms with Crippen molar-refractivity contribution in [3.63, 3.8) is 0 Å². The van der Waals surface area contributed by atoms with Crippen LogP contribution in [0.15, 0.2) is 28.9 Å². The van der Waals surface area contributed by atoms with Crippen molar-refractivity contribution < 1.29 is 0 Å². The Kier molecular flexibility index (Phi) is 1.53. The first-order valence-electron chi connectivity index (χ1n) is 5.82. The third kappa shape index (κ3) is 0.965. The van der Waals surface area contributed by atoms with Crippen LogP contribution in [0.5, 0.6) is 0 Å². The summed E-state index contributed by atoms with van der Waals surface area (Å²) in [6, 6.07) is 0. The maximum atomic E-state index is 4.12. The summed E-state index contributed by atoms with van der Waals surface area (Å²) in [5, 5.41) is 12.0. The predicted molar refractivity (Wildman–Crippen MR) is 59.4 cm³/mol. The van der Waals surface area contributed by atoms with E-state index in [1.54, 1.807) is 11.1 Å². The van der Waals surface area contributed by atoms with Gasteiger partial charge in [-0.05, 0) is 40.8 Å². The molecule has 0 bridgehead atoms. The van der Waals surface area contributed by atoms with E-state index in [2.05, 4.69) is 27.7 Å². The van der Waals surface area contributed by atoms with Gasteiger partial charge >= 0.3 is 0 Å². The van der Waals surface area contributed by atoms with Crippen LogP contribution in [-0.2, 0) is 6.42 Å². The van der Waals surface area contributed by atoms with E-state index in [1.165, 1.54) is 30.5 Å². The number of hydrogen-bond donors (Lipinski definition) is 0. The second-order valence-electron chi connectivity index (χ2n) is 4.59. The van der Waals surface area contributed by atoms with Crippen molar-refractivity contribution in [2.24, 2.45) is 0 Å². The highest BCUT2D eigenvalue weighted by Crippen LogP contribution is 2.45. The maximum absolute atomic E-state index is 4.12. The zero-order chi connectivity index (χ0) is 10.5. The summed E-state index contributed by atoms with van der Waals surface area (Å²) in [4.78, 5) is 0. The predicted octanol–water partition coefficient (Wildman–Crippen LogP) is 1.88. The van der Waals surface area contributed by atoms with Crippen molar-refractivity contribution in [3.8, 4) is 0 Å². The third-order valence-corrected chi connectivity index (χ3v) is 3.72. The van der Waals surface area contributed by atoms with E-state index in [-0.39, 0.29) is 0 Å². The summed E-state index contributed by atoms with van der Waals surface area (Å²) in [6.07, 6.45) is 10.1. The molecule has 4 nitrogen and oxygen atoms in total. The van der Waals surface area contributed by atoms with Crippen molar-refractivity contribution in [1.29, 1.82) is 0 Å². The highest BCUT2D eigenvalue weighted by Gasteiger charge is 2.29. The molecule has 1 aliphatic heterocycles. The minimum Gasteiger partial charge on any atom is -0.200 e. The normalized spacial score (nSPS) is 22.2. The zero-order valence-corrected chi connectivity index (χ0v) is 8.98. The van der Waals surface area contributed by atoms with Crippen LogP contribution in [-0.4, -0.2) is 20.2 Å². The second kappa shape index (κ2) is 2.90. The average molecular weight is 212 g/mol. The molecule has 4 heteroatoms. The Labute approximate surface area is 93.3 Å². The van der Waals surface area contributed by atoms with Gasteiger partial charge in [0.15, 0.2) is 5.82 Å². The second-order valence-corrected chi connectivity index (χ2v) is 4.59. The van der Waals surface area contributed by atoms with Crippen LogP contribution in [0.25, 0.3) is 5.70 Å². The molecule has 1 aromatic heterocycles. The van der Waals surface area contributed by atoms with Crippen LogP contribution in [0.4, 0.5) is 0 Å². The van der Waals surface area contributed by atoms with Crippen LogP contribution < -0.4 is 0 Å². The number of rotatable bonds is 0. The largest absolute Gasteiger partial charge is 0.200 e. The Bertz CT molecular complexity index is 559. The Balaban J connectivity index is 1.92. The third-order valence-electron chi connectivity index (χ3n) is 3.72. The standard InChI is InChI=1S/C12H12N4/c1-3-8-7-11-10(9(8)4-1)5-2-6-12-13-14-15-16(11)12/h2,5H,1,3-4,6-7H2. The molecule has 16 heavy (non-hydrogen) atoms. The van der Waals surface area contributed by atoms with E-state index in [4.69, 9.17) is 0 Å². The molecular weight excluding hydrogens is 200 g/mol. The van der Waals surface area contributed by atoms with Gasteiger partial charge in [0.05, 0.1) is 5.70 Å². The van der Waals surface area contributed by atoms with E-state index >= 15 is 0 Å². The summed E-state index contributed by atoms with van der Waals surface area (Å²) in [7, 11) is 0. The van der Waals surface area contributed by atoms with Gasteiger partial charge in [-0.25, -0.2) is 4.68 Å². The molecule has 0 N–H and O–H groups in total. The number of fused-ring (bicyclic) bond motifs is 3. The highest BCUT2D eigenvalue weighted by atomic mass is 15.5. The highest BCUT2D eigenvalue weighted by molar-refractivity contribution is 5.72. The first-order chi connectivity index (χ1) is 7.93. The Morgan fingerprint density at radius 2 is 2.25 bits per heavy atom. The van der Waals surface area contributed by atoms with Gasteiger partial charge in [0.25, 0.3) is 0 Å². The number of nitrogens with zero attached hydrogens (tertiary/aromatic N) is 4. The Hall–Kier alpha value is -1.71. The van der Waals surface area contributed by atoms with E-state index in [0.717, 1.165) is 18.7 Å². The fourth-order valence-electron chi connectivity index (χ4n) is 3.01. The summed E-state index contributed by atoms with van der Waals surface area (Å²) in [6.45, 7) is 0. The van der Waals surface area contributed by atoms with Gasteiger partial charge in [-0.15, -0.1) is 5.10 Å². The minimum atomic E-state index is 0.836. The molecule has 1 aromatic rings. The lowest BCUT2D eigenvalue weighted by Gasteiger charge is -2.06. The van der Waals surface area contributed by atoms with E-state index in [1.807, 2.05) is 4.68 Å². The molecule has 0 amide bonds. The molecular formula is C12H12N4. The van der Waals surface area contributed by atoms with Gasteiger partial charge < -0.3 is 0 Å². The summed E-state index contributed by atoms with van der Waals surface area (Å²) < 4.78 is 1.94. The lowest BCUT2D eigenvalue weighted by molar-refractivity contribution is 0.766. The van der Waals surface area contributed by atoms with Gasteiger partial charge in [0.2, 0.25) is 0 Å².